The van der Waals surface area contributed by atoms with Crippen LogP contribution in [0.15, 0.2) is 41.0 Å². The van der Waals surface area contributed by atoms with Gasteiger partial charge in [0.05, 0.1) is 0 Å². The molecular weight excluding hydrogens is 292 g/mol. The normalized spacial score (nSPS) is 17.5. The van der Waals surface area contributed by atoms with Crippen LogP contribution in [0.25, 0.3) is 0 Å². The predicted octanol–water partition coefficient (Wildman–Crippen LogP) is 3.49. The van der Waals surface area contributed by atoms with E-state index in [1.54, 1.807) is 6.20 Å². The average molecular weight is 305 g/mol. The molecule has 0 amide bonds. The number of fused-ring (bicyclic) bond motifs is 1. The zero-order valence-corrected chi connectivity index (χ0v) is 11.4. The maximum absolute atomic E-state index is 6.00. The number of nitrogens with zero attached hydrogens (tertiary/aromatic N) is 1. The van der Waals surface area contributed by atoms with E-state index in [1.165, 1.54) is 11.1 Å². The molecule has 1 atom stereocenters. The fraction of sp³-hybridized carbons (Fsp3) is 0.214. The zero-order chi connectivity index (χ0) is 12.5. The number of hydrogen-bond donors (Lipinski definition) is 1. The largest absolute Gasteiger partial charge is 0.482 e. The van der Waals surface area contributed by atoms with Gasteiger partial charge >= 0.3 is 0 Å². The first kappa shape index (κ1) is 11.5. The van der Waals surface area contributed by atoms with Crippen molar-refractivity contribution in [2.75, 3.05) is 5.73 Å². The number of benzene rings is 1. The summed E-state index contributed by atoms with van der Waals surface area (Å²) in [5, 5.41) is 0. The van der Waals surface area contributed by atoms with Crippen LogP contribution in [-0.4, -0.2) is 4.98 Å². The first-order valence-corrected chi connectivity index (χ1v) is 6.69. The van der Waals surface area contributed by atoms with Crippen LogP contribution in [0.1, 0.15) is 23.7 Å². The Labute approximate surface area is 114 Å². The molecule has 0 fully saturated rings. The second-order valence-electron chi connectivity index (χ2n) is 4.38. The van der Waals surface area contributed by atoms with Crippen LogP contribution in [0.5, 0.6) is 5.75 Å². The Kier molecular flexibility index (Phi) is 2.96. The molecule has 0 aliphatic heterocycles. The SMILES string of the molecule is Nc1ncc(Br)cc1OC1CCc2ccccc21. The molecule has 1 unspecified atom stereocenters. The Bertz CT molecular complexity index is 586. The fourth-order valence-electron chi connectivity index (χ4n) is 2.32. The fourth-order valence-corrected chi connectivity index (χ4v) is 2.63. The molecule has 0 saturated carbocycles. The van der Waals surface area contributed by atoms with E-state index in [4.69, 9.17) is 10.5 Å². The zero-order valence-electron chi connectivity index (χ0n) is 9.77. The summed E-state index contributed by atoms with van der Waals surface area (Å²) in [6.07, 6.45) is 3.80. The Morgan fingerprint density at radius 3 is 3.06 bits per heavy atom. The molecule has 4 heteroatoms. The van der Waals surface area contributed by atoms with Gasteiger partial charge in [-0.15, -0.1) is 0 Å². The minimum Gasteiger partial charge on any atom is -0.482 e. The van der Waals surface area contributed by atoms with Gasteiger partial charge in [-0.3, -0.25) is 0 Å². The molecule has 2 N–H and O–H groups in total. The highest BCUT2D eigenvalue weighted by Gasteiger charge is 2.24. The van der Waals surface area contributed by atoms with E-state index in [0.29, 0.717) is 11.6 Å². The molecule has 1 aliphatic carbocycles. The van der Waals surface area contributed by atoms with Gasteiger partial charge in [-0.1, -0.05) is 24.3 Å². The highest BCUT2D eigenvalue weighted by Crippen LogP contribution is 2.36. The molecule has 18 heavy (non-hydrogen) atoms. The summed E-state index contributed by atoms with van der Waals surface area (Å²) in [6, 6.07) is 10.2. The molecule has 1 aromatic carbocycles. The number of pyridine rings is 1. The molecule has 3 rings (SSSR count). The summed E-state index contributed by atoms with van der Waals surface area (Å²) < 4.78 is 6.87. The number of nitrogens with two attached hydrogens (primary N) is 1. The van der Waals surface area contributed by atoms with Crippen molar-refractivity contribution in [2.24, 2.45) is 0 Å². The predicted molar refractivity (Wildman–Crippen MR) is 74.5 cm³/mol. The third-order valence-electron chi connectivity index (χ3n) is 3.20. The number of ether oxygens (including phenoxy) is 1. The van der Waals surface area contributed by atoms with Crippen molar-refractivity contribution >= 4 is 21.7 Å². The van der Waals surface area contributed by atoms with Gasteiger partial charge in [-0.05, 0) is 46.0 Å². The average Bonchev–Trinajstić information content (AvgIpc) is 2.78. The lowest BCUT2D eigenvalue weighted by Crippen LogP contribution is -2.06. The van der Waals surface area contributed by atoms with E-state index in [-0.39, 0.29) is 6.10 Å². The quantitative estimate of drug-likeness (QED) is 0.924. The van der Waals surface area contributed by atoms with Crippen LogP contribution < -0.4 is 10.5 Å². The molecule has 0 radical (unpaired) electrons. The van der Waals surface area contributed by atoms with E-state index in [9.17, 15) is 0 Å². The molecule has 1 aliphatic rings. The van der Waals surface area contributed by atoms with Crippen molar-refractivity contribution in [3.05, 3.63) is 52.1 Å². The molecular formula is C14H13BrN2O. The molecule has 2 aromatic rings. The molecule has 92 valence electrons. The summed E-state index contributed by atoms with van der Waals surface area (Å²) in [4.78, 5) is 4.08. The molecule has 3 nitrogen and oxygen atoms in total. The van der Waals surface area contributed by atoms with Crippen LogP contribution >= 0.6 is 15.9 Å². The van der Waals surface area contributed by atoms with E-state index in [0.717, 1.165) is 17.3 Å². The molecule has 0 spiro atoms. The number of aromatic nitrogens is 1. The topological polar surface area (TPSA) is 48.1 Å². The van der Waals surface area contributed by atoms with Crippen molar-refractivity contribution in [1.29, 1.82) is 0 Å². The highest BCUT2D eigenvalue weighted by atomic mass is 79.9. The minimum absolute atomic E-state index is 0.0830. The lowest BCUT2D eigenvalue weighted by Gasteiger charge is -2.16. The van der Waals surface area contributed by atoms with Gasteiger partial charge in [-0.2, -0.15) is 0 Å². The van der Waals surface area contributed by atoms with Crippen molar-refractivity contribution in [2.45, 2.75) is 18.9 Å². The molecule has 1 aromatic heterocycles. The van der Waals surface area contributed by atoms with E-state index >= 15 is 0 Å². The Balaban J connectivity index is 1.88. The number of rotatable bonds is 2. The summed E-state index contributed by atoms with van der Waals surface area (Å²) in [5.41, 5.74) is 8.46. The van der Waals surface area contributed by atoms with Crippen LogP contribution in [0.3, 0.4) is 0 Å². The highest BCUT2D eigenvalue weighted by molar-refractivity contribution is 9.10. The molecule has 1 heterocycles. The first-order chi connectivity index (χ1) is 8.74. The monoisotopic (exact) mass is 304 g/mol. The van der Waals surface area contributed by atoms with Gasteiger partial charge in [0.1, 0.15) is 6.10 Å². The van der Waals surface area contributed by atoms with E-state index in [1.807, 2.05) is 12.1 Å². The number of nitrogen functional groups attached to an aromatic ring is 1. The summed E-state index contributed by atoms with van der Waals surface area (Å²) >= 11 is 3.38. The third kappa shape index (κ3) is 2.08. The van der Waals surface area contributed by atoms with Gasteiger partial charge in [-0.25, -0.2) is 4.98 Å². The van der Waals surface area contributed by atoms with Crippen LogP contribution in [0, 0.1) is 0 Å². The van der Waals surface area contributed by atoms with Gasteiger partial charge in [0.25, 0.3) is 0 Å². The van der Waals surface area contributed by atoms with Crippen LogP contribution in [-0.2, 0) is 6.42 Å². The number of hydrogen-bond acceptors (Lipinski definition) is 3. The maximum Gasteiger partial charge on any atom is 0.166 e. The van der Waals surface area contributed by atoms with Crippen molar-refractivity contribution in [3.8, 4) is 5.75 Å². The summed E-state index contributed by atoms with van der Waals surface area (Å²) in [6.45, 7) is 0. The van der Waals surface area contributed by atoms with Gasteiger partial charge < -0.3 is 10.5 Å². The van der Waals surface area contributed by atoms with Crippen LogP contribution in [0.2, 0.25) is 0 Å². The lowest BCUT2D eigenvalue weighted by molar-refractivity contribution is 0.208. The Hall–Kier alpha value is -1.55. The van der Waals surface area contributed by atoms with Crippen molar-refractivity contribution < 1.29 is 4.74 Å². The summed E-state index contributed by atoms with van der Waals surface area (Å²) in [7, 11) is 0. The van der Waals surface area contributed by atoms with Crippen molar-refractivity contribution in [1.82, 2.24) is 4.98 Å². The molecule has 0 saturated heterocycles. The second kappa shape index (κ2) is 4.61. The van der Waals surface area contributed by atoms with E-state index in [2.05, 4.69) is 39.1 Å². The van der Waals surface area contributed by atoms with Gasteiger partial charge in [0, 0.05) is 10.7 Å². The number of aryl methyl sites for hydroxylation is 1. The molecule has 0 bridgehead atoms. The maximum atomic E-state index is 6.00. The smallest absolute Gasteiger partial charge is 0.166 e. The Morgan fingerprint density at radius 2 is 2.17 bits per heavy atom. The van der Waals surface area contributed by atoms with Crippen LogP contribution in [0.4, 0.5) is 5.82 Å². The number of anilines is 1. The van der Waals surface area contributed by atoms with Gasteiger partial charge in [0.2, 0.25) is 0 Å². The standard InChI is InChI=1S/C14H13BrN2O/c15-10-7-13(14(16)17-8-10)18-12-6-5-9-3-1-2-4-11(9)12/h1-4,7-8,12H,5-6H2,(H2,16,17). The minimum atomic E-state index is 0.0830. The first-order valence-electron chi connectivity index (χ1n) is 5.89. The Morgan fingerprint density at radius 1 is 1.33 bits per heavy atom. The van der Waals surface area contributed by atoms with E-state index < -0.39 is 0 Å². The lowest BCUT2D eigenvalue weighted by atomic mass is 10.1. The third-order valence-corrected chi connectivity index (χ3v) is 3.63. The summed E-state index contributed by atoms with van der Waals surface area (Å²) in [5.74, 6) is 1.08. The van der Waals surface area contributed by atoms with Crippen molar-refractivity contribution in [3.63, 3.8) is 0 Å². The number of halogens is 1. The second-order valence-corrected chi connectivity index (χ2v) is 5.30. The van der Waals surface area contributed by atoms with Gasteiger partial charge in [0.15, 0.2) is 11.6 Å².